The number of halogens is 1. The van der Waals surface area contributed by atoms with Crippen molar-refractivity contribution >= 4 is 17.2 Å². The molecular formula is C15H18FN3OS. The molecule has 0 bridgehead atoms. The fraction of sp³-hybridized carbons (Fsp3) is 0.333. The number of hydrogen-bond acceptors (Lipinski definition) is 4. The van der Waals surface area contributed by atoms with Gasteiger partial charge in [0.05, 0.1) is 12.1 Å². The lowest BCUT2D eigenvalue weighted by Crippen LogP contribution is -2.24. The molecule has 6 heteroatoms. The minimum atomic E-state index is -0.299. The van der Waals surface area contributed by atoms with Crippen LogP contribution in [0.1, 0.15) is 29.2 Å². The van der Waals surface area contributed by atoms with Crippen molar-refractivity contribution in [1.82, 2.24) is 15.6 Å². The number of carbonyl (C=O) groups is 1. The minimum Gasteiger partial charge on any atom is -0.352 e. The number of nitrogens with zero attached hydrogens (tertiary/aromatic N) is 1. The molecule has 1 unspecified atom stereocenters. The molecule has 0 spiro atoms. The fourth-order valence-electron chi connectivity index (χ4n) is 1.80. The highest BCUT2D eigenvalue weighted by atomic mass is 32.1. The first-order chi connectivity index (χ1) is 10.1. The normalized spacial score (nSPS) is 12.1. The van der Waals surface area contributed by atoms with Crippen LogP contribution in [0, 0.1) is 5.82 Å². The molecule has 4 nitrogen and oxygen atoms in total. The van der Waals surface area contributed by atoms with E-state index in [0.29, 0.717) is 6.54 Å². The van der Waals surface area contributed by atoms with E-state index in [1.54, 1.807) is 12.1 Å². The van der Waals surface area contributed by atoms with E-state index in [2.05, 4.69) is 15.6 Å². The first kappa shape index (κ1) is 15.6. The lowest BCUT2D eigenvalue weighted by atomic mass is 10.2. The Balaban J connectivity index is 1.86. The zero-order valence-corrected chi connectivity index (χ0v) is 12.8. The Bertz CT molecular complexity index is 614. The van der Waals surface area contributed by atoms with Crippen LogP contribution in [-0.4, -0.2) is 17.9 Å². The third-order valence-electron chi connectivity index (χ3n) is 3.14. The van der Waals surface area contributed by atoms with Crippen LogP contribution < -0.4 is 10.6 Å². The van der Waals surface area contributed by atoms with E-state index >= 15 is 0 Å². The number of rotatable bonds is 6. The zero-order valence-electron chi connectivity index (χ0n) is 12.0. The lowest BCUT2D eigenvalue weighted by molar-refractivity contribution is -0.120. The Hall–Kier alpha value is -1.79. The third kappa shape index (κ3) is 4.61. The topological polar surface area (TPSA) is 54.0 Å². The molecule has 1 amide bonds. The van der Waals surface area contributed by atoms with Gasteiger partial charge in [-0.2, -0.15) is 0 Å². The Morgan fingerprint density at radius 1 is 1.48 bits per heavy atom. The molecule has 0 aliphatic rings. The summed E-state index contributed by atoms with van der Waals surface area (Å²) in [5.41, 5.74) is 1.68. The van der Waals surface area contributed by atoms with Crippen LogP contribution in [0.4, 0.5) is 4.39 Å². The minimum absolute atomic E-state index is 0.114. The number of amides is 1. The standard InChI is InChI=1S/C15H18FN3OS/c1-10(17-2)13-9-21-15(19-13)7-14(20)18-8-11-4-3-5-12(16)6-11/h3-6,9-10,17H,7-8H2,1-2H3,(H,18,20). The maximum atomic E-state index is 13.0. The Kier molecular flexibility index (Phi) is 5.41. The van der Waals surface area contributed by atoms with Gasteiger partial charge in [-0.1, -0.05) is 12.1 Å². The fourth-order valence-corrected chi connectivity index (χ4v) is 2.69. The largest absolute Gasteiger partial charge is 0.352 e. The number of benzene rings is 1. The van der Waals surface area contributed by atoms with Gasteiger partial charge in [0.1, 0.15) is 10.8 Å². The molecule has 2 N–H and O–H groups in total. The van der Waals surface area contributed by atoms with Gasteiger partial charge < -0.3 is 10.6 Å². The summed E-state index contributed by atoms with van der Waals surface area (Å²) in [5.74, 6) is -0.412. The molecule has 0 radical (unpaired) electrons. The van der Waals surface area contributed by atoms with Crippen molar-refractivity contribution in [3.8, 4) is 0 Å². The van der Waals surface area contributed by atoms with Gasteiger partial charge in [-0.25, -0.2) is 9.37 Å². The van der Waals surface area contributed by atoms with E-state index in [1.807, 2.05) is 19.4 Å². The summed E-state index contributed by atoms with van der Waals surface area (Å²) in [6, 6.07) is 6.37. The Morgan fingerprint density at radius 3 is 3.00 bits per heavy atom. The van der Waals surface area contributed by atoms with Gasteiger partial charge in [-0.3, -0.25) is 4.79 Å². The predicted molar refractivity (Wildman–Crippen MR) is 81.5 cm³/mol. The SMILES string of the molecule is CNC(C)c1csc(CC(=O)NCc2cccc(F)c2)n1. The Morgan fingerprint density at radius 2 is 2.29 bits per heavy atom. The van der Waals surface area contributed by atoms with Crippen molar-refractivity contribution < 1.29 is 9.18 Å². The van der Waals surface area contributed by atoms with Crippen molar-refractivity contribution in [3.63, 3.8) is 0 Å². The summed E-state index contributed by atoms with van der Waals surface area (Å²) in [6.07, 6.45) is 0.246. The molecule has 1 aromatic carbocycles. The summed E-state index contributed by atoms with van der Waals surface area (Å²) >= 11 is 1.47. The summed E-state index contributed by atoms with van der Waals surface area (Å²) in [6.45, 7) is 2.34. The predicted octanol–water partition coefficient (Wildman–Crippen LogP) is 2.42. The molecule has 0 aliphatic carbocycles. The molecule has 0 saturated heterocycles. The summed E-state index contributed by atoms with van der Waals surface area (Å²) in [7, 11) is 1.87. The van der Waals surface area contributed by atoms with Crippen LogP contribution in [-0.2, 0) is 17.8 Å². The number of aromatic nitrogens is 1. The van der Waals surface area contributed by atoms with Gasteiger partial charge in [-0.15, -0.1) is 11.3 Å². The van der Waals surface area contributed by atoms with E-state index in [9.17, 15) is 9.18 Å². The van der Waals surface area contributed by atoms with Gasteiger partial charge in [0, 0.05) is 18.0 Å². The van der Waals surface area contributed by atoms with Crippen LogP contribution in [0.3, 0.4) is 0 Å². The van der Waals surface area contributed by atoms with Gasteiger partial charge >= 0.3 is 0 Å². The molecule has 2 rings (SSSR count). The lowest BCUT2D eigenvalue weighted by Gasteiger charge is -2.05. The van der Waals surface area contributed by atoms with Crippen molar-refractivity contribution in [3.05, 3.63) is 51.7 Å². The second-order valence-corrected chi connectivity index (χ2v) is 5.70. The quantitative estimate of drug-likeness (QED) is 0.862. The smallest absolute Gasteiger partial charge is 0.227 e. The van der Waals surface area contributed by atoms with E-state index < -0.39 is 0 Å². The van der Waals surface area contributed by atoms with Crippen LogP contribution in [0.2, 0.25) is 0 Å². The van der Waals surface area contributed by atoms with Crippen molar-refractivity contribution in [1.29, 1.82) is 0 Å². The second kappa shape index (κ2) is 7.28. The van der Waals surface area contributed by atoms with Crippen molar-refractivity contribution in [2.24, 2.45) is 0 Å². The summed E-state index contributed by atoms with van der Waals surface area (Å²) < 4.78 is 13.0. The molecular weight excluding hydrogens is 289 g/mol. The number of carbonyl (C=O) groups excluding carboxylic acids is 1. The van der Waals surface area contributed by atoms with Crippen molar-refractivity contribution in [2.45, 2.75) is 25.9 Å². The van der Waals surface area contributed by atoms with Gasteiger partial charge in [0.25, 0.3) is 0 Å². The average Bonchev–Trinajstić information content (AvgIpc) is 2.93. The summed E-state index contributed by atoms with van der Waals surface area (Å²) in [4.78, 5) is 16.3. The summed E-state index contributed by atoms with van der Waals surface area (Å²) in [5, 5.41) is 8.62. The highest BCUT2D eigenvalue weighted by Gasteiger charge is 2.11. The molecule has 112 valence electrons. The van der Waals surface area contributed by atoms with E-state index in [-0.39, 0.29) is 24.2 Å². The first-order valence-electron chi connectivity index (χ1n) is 6.71. The molecule has 0 saturated carbocycles. The highest BCUT2D eigenvalue weighted by molar-refractivity contribution is 7.09. The number of hydrogen-bond donors (Lipinski definition) is 2. The number of thiazole rings is 1. The third-order valence-corrected chi connectivity index (χ3v) is 4.00. The average molecular weight is 307 g/mol. The van der Waals surface area contributed by atoms with Gasteiger partial charge in [0.2, 0.25) is 5.91 Å². The van der Waals surface area contributed by atoms with Crippen molar-refractivity contribution in [2.75, 3.05) is 7.05 Å². The first-order valence-corrected chi connectivity index (χ1v) is 7.59. The van der Waals surface area contributed by atoms with E-state index in [0.717, 1.165) is 16.3 Å². The van der Waals surface area contributed by atoms with Crippen LogP contribution in [0.25, 0.3) is 0 Å². The van der Waals surface area contributed by atoms with Crippen LogP contribution >= 0.6 is 11.3 Å². The Labute approximate surface area is 127 Å². The monoisotopic (exact) mass is 307 g/mol. The molecule has 2 aromatic rings. The van der Waals surface area contributed by atoms with Gasteiger partial charge in [-0.05, 0) is 31.7 Å². The second-order valence-electron chi connectivity index (χ2n) is 4.76. The molecule has 1 atom stereocenters. The van der Waals surface area contributed by atoms with Crippen LogP contribution in [0.5, 0.6) is 0 Å². The molecule has 1 aromatic heterocycles. The maximum Gasteiger partial charge on any atom is 0.227 e. The zero-order chi connectivity index (χ0) is 15.2. The molecule has 21 heavy (non-hydrogen) atoms. The highest BCUT2D eigenvalue weighted by Crippen LogP contribution is 2.16. The molecule has 1 heterocycles. The van der Waals surface area contributed by atoms with E-state index in [1.165, 1.54) is 23.5 Å². The van der Waals surface area contributed by atoms with Crippen LogP contribution in [0.15, 0.2) is 29.6 Å². The van der Waals surface area contributed by atoms with Gasteiger partial charge in [0.15, 0.2) is 0 Å². The molecule has 0 fully saturated rings. The molecule has 0 aliphatic heterocycles. The van der Waals surface area contributed by atoms with E-state index in [4.69, 9.17) is 0 Å². The number of nitrogens with one attached hydrogen (secondary N) is 2. The maximum absolute atomic E-state index is 13.0.